The van der Waals surface area contributed by atoms with E-state index < -0.39 is 5.97 Å². The van der Waals surface area contributed by atoms with Crippen LogP contribution in [0.3, 0.4) is 0 Å². The Kier molecular flexibility index (Phi) is 3.40. The van der Waals surface area contributed by atoms with Gasteiger partial charge < -0.3 is 10.0 Å². The van der Waals surface area contributed by atoms with Crippen LogP contribution in [0.5, 0.6) is 0 Å². The number of piperidine rings is 1. The Hall–Kier alpha value is -2.31. The molecule has 1 unspecified atom stereocenters. The van der Waals surface area contributed by atoms with Crippen molar-refractivity contribution in [1.82, 2.24) is 19.9 Å². The quantitative estimate of drug-likeness (QED) is 0.890. The molecule has 0 bridgehead atoms. The summed E-state index contributed by atoms with van der Waals surface area (Å²) in [7, 11) is 0. The van der Waals surface area contributed by atoms with Gasteiger partial charge in [-0.1, -0.05) is 0 Å². The van der Waals surface area contributed by atoms with E-state index in [-0.39, 0.29) is 5.92 Å². The van der Waals surface area contributed by atoms with Crippen molar-refractivity contribution in [2.75, 3.05) is 18.0 Å². The Morgan fingerprint density at radius 3 is 2.81 bits per heavy atom. The molecule has 3 heterocycles. The van der Waals surface area contributed by atoms with Gasteiger partial charge in [0.05, 0.1) is 17.3 Å². The van der Waals surface area contributed by atoms with Crippen LogP contribution in [0.1, 0.15) is 24.2 Å². The molecule has 1 aliphatic heterocycles. The van der Waals surface area contributed by atoms with E-state index >= 15 is 0 Å². The number of carbonyl (C=O) groups is 1. The summed E-state index contributed by atoms with van der Waals surface area (Å²) >= 11 is 0. The predicted octanol–water partition coefficient (Wildman–Crippen LogP) is 1.34. The van der Waals surface area contributed by atoms with Crippen molar-refractivity contribution in [3.63, 3.8) is 0 Å². The van der Waals surface area contributed by atoms with E-state index in [2.05, 4.69) is 19.9 Å². The van der Waals surface area contributed by atoms with E-state index in [0.29, 0.717) is 29.9 Å². The number of hydrogen-bond acceptors (Lipinski definition) is 6. The molecule has 1 aliphatic rings. The highest BCUT2D eigenvalue weighted by molar-refractivity contribution is 5.83. The zero-order valence-electron chi connectivity index (χ0n) is 12.1. The standard InChI is InChI=1S/C14H17N5O2/c1-8-9(2)18-12-11(17-8)13(16-7-15-12)19-5-3-4-10(6-19)14(20)21/h7,10H,3-6H2,1-2H3,(H,20,21). The van der Waals surface area contributed by atoms with Gasteiger partial charge in [-0.25, -0.2) is 19.9 Å². The van der Waals surface area contributed by atoms with Gasteiger partial charge in [0, 0.05) is 13.1 Å². The highest BCUT2D eigenvalue weighted by Crippen LogP contribution is 2.26. The van der Waals surface area contributed by atoms with Crippen LogP contribution < -0.4 is 4.90 Å². The monoisotopic (exact) mass is 287 g/mol. The van der Waals surface area contributed by atoms with Gasteiger partial charge in [-0.15, -0.1) is 0 Å². The smallest absolute Gasteiger partial charge is 0.308 e. The van der Waals surface area contributed by atoms with Crippen LogP contribution in [0.25, 0.3) is 11.2 Å². The average molecular weight is 287 g/mol. The number of carboxylic acid groups (broad SMARTS) is 1. The van der Waals surface area contributed by atoms with E-state index in [1.54, 1.807) is 0 Å². The minimum Gasteiger partial charge on any atom is -0.481 e. The van der Waals surface area contributed by atoms with Gasteiger partial charge in [0.15, 0.2) is 17.0 Å². The summed E-state index contributed by atoms with van der Waals surface area (Å²) < 4.78 is 0. The van der Waals surface area contributed by atoms with E-state index in [1.165, 1.54) is 6.33 Å². The third-order valence-electron chi connectivity index (χ3n) is 3.93. The van der Waals surface area contributed by atoms with Crippen LogP contribution in [0, 0.1) is 19.8 Å². The topological polar surface area (TPSA) is 92.1 Å². The van der Waals surface area contributed by atoms with Crippen molar-refractivity contribution in [2.24, 2.45) is 5.92 Å². The summed E-state index contributed by atoms with van der Waals surface area (Å²) in [5.74, 6) is -0.430. The molecule has 0 spiro atoms. The first-order valence-electron chi connectivity index (χ1n) is 7.00. The molecule has 1 fully saturated rings. The number of anilines is 1. The third-order valence-corrected chi connectivity index (χ3v) is 3.93. The summed E-state index contributed by atoms with van der Waals surface area (Å²) in [6.45, 7) is 5.03. The second kappa shape index (κ2) is 5.23. The van der Waals surface area contributed by atoms with Crippen molar-refractivity contribution in [3.8, 4) is 0 Å². The number of aryl methyl sites for hydroxylation is 2. The molecule has 0 radical (unpaired) electrons. The summed E-state index contributed by atoms with van der Waals surface area (Å²) in [5, 5.41) is 9.21. The van der Waals surface area contributed by atoms with Gasteiger partial charge in [0.2, 0.25) is 0 Å². The number of aliphatic carboxylic acids is 1. The molecular weight excluding hydrogens is 270 g/mol. The van der Waals surface area contributed by atoms with Gasteiger partial charge in [-0.05, 0) is 26.7 Å². The normalized spacial score (nSPS) is 19.0. The Bertz CT molecular complexity index is 703. The molecule has 110 valence electrons. The van der Waals surface area contributed by atoms with Crippen LogP contribution in [0.2, 0.25) is 0 Å². The zero-order valence-corrected chi connectivity index (χ0v) is 12.1. The number of rotatable bonds is 2. The molecule has 2 aromatic rings. The van der Waals surface area contributed by atoms with Gasteiger partial charge in [-0.3, -0.25) is 4.79 Å². The molecule has 0 amide bonds. The summed E-state index contributed by atoms with van der Waals surface area (Å²) in [6, 6.07) is 0. The third kappa shape index (κ3) is 2.51. The molecule has 1 atom stereocenters. The lowest BCUT2D eigenvalue weighted by atomic mass is 9.98. The lowest BCUT2D eigenvalue weighted by Gasteiger charge is -2.31. The van der Waals surface area contributed by atoms with Crippen LogP contribution in [-0.2, 0) is 4.79 Å². The van der Waals surface area contributed by atoms with Gasteiger partial charge in [-0.2, -0.15) is 0 Å². The summed E-state index contributed by atoms with van der Waals surface area (Å²) in [4.78, 5) is 30.6. The molecule has 7 nitrogen and oxygen atoms in total. The Balaban J connectivity index is 2.03. The molecule has 0 aromatic carbocycles. The maximum absolute atomic E-state index is 11.2. The number of carboxylic acids is 1. The van der Waals surface area contributed by atoms with Crippen molar-refractivity contribution in [3.05, 3.63) is 17.7 Å². The minimum atomic E-state index is -0.754. The van der Waals surface area contributed by atoms with Gasteiger partial charge in [0.1, 0.15) is 6.33 Å². The van der Waals surface area contributed by atoms with Crippen LogP contribution >= 0.6 is 0 Å². The number of fused-ring (bicyclic) bond motifs is 1. The first-order chi connectivity index (χ1) is 10.1. The highest BCUT2D eigenvalue weighted by atomic mass is 16.4. The second-order valence-electron chi connectivity index (χ2n) is 5.39. The lowest BCUT2D eigenvalue weighted by molar-refractivity contribution is -0.141. The fraction of sp³-hybridized carbons (Fsp3) is 0.500. The van der Waals surface area contributed by atoms with Crippen molar-refractivity contribution < 1.29 is 9.90 Å². The molecule has 3 rings (SSSR count). The Labute approximate surface area is 122 Å². The maximum Gasteiger partial charge on any atom is 0.308 e. The second-order valence-corrected chi connectivity index (χ2v) is 5.39. The van der Waals surface area contributed by atoms with E-state index in [1.807, 2.05) is 18.7 Å². The Morgan fingerprint density at radius 1 is 1.29 bits per heavy atom. The summed E-state index contributed by atoms with van der Waals surface area (Å²) in [5.41, 5.74) is 2.88. The Morgan fingerprint density at radius 2 is 2.05 bits per heavy atom. The van der Waals surface area contributed by atoms with Crippen LogP contribution in [0.4, 0.5) is 5.82 Å². The van der Waals surface area contributed by atoms with Crippen LogP contribution in [0.15, 0.2) is 6.33 Å². The average Bonchev–Trinajstić information content (AvgIpc) is 2.48. The van der Waals surface area contributed by atoms with Crippen LogP contribution in [-0.4, -0.2) is 44.1 Å². The first kappa shape index (κ1) is 13.7. The van der Waals surface area contributed by atoms with E-state index in [0.717, 1.165) is 24.4 Å². The van der Waals surface area contributed by atoms with E-state index in [4.69, 9.17) is 0 Å². The molecule has 2 aromatic heterocycles. The lowest BCUT2D eigenvalue weighted by Crippen LogP contribution is -2.39. The molecule has 21 heavy (non-hydrogen) atoms. The predicted molar refractivity (Wildman–Crippen MR) is 77.2 cm³/mol. The van der Waals surface area contributed by atoms with Gasteiger partial charge in [0.25, 0.3) is 0 Å². The fourth-order valence-corrected chi connectivity index (χ4v) is 2.63. The molecule has 0 saturated carbocycles. The van der Waals surface area contributed by atoms with Crippen molar-refractivity contribution >= 4 is 23.0 Å². The zero-order chi connectivity index (χ0) is 15.0. The first-order valence-corrected chi connectivity index (χ1v) is 7.00. The summed E-state index contributed by atoms with van der Waals surface area (Å²) in [6.07, 6.45) is 3.00. The molecule has 1 saturated heterocycles. The molecule has 1 N–H and O–H groups in total. The number of hydrogen-bond donors (Lipinski definition) is 1. The minimum absolute atomic E-state index is 0.358. The number of nitrogens with zero attached hydrogens (tertiary/aromatic N) is 5. The van der Waals surface area contributed by atoms with Gasteiger partial charge >= 0.3 is 5.97 Å². The maximum atomic E-state index is 11.2. The molecular formula is C14H17N5O2. The number of aromatic nitrogens is 4. The van der Waals surface area contributed by atoms with Crippen molar-refractivity contribution in [1.29, 1.82) is 0 Å². The van der Waals surface area contributed by atoms with Crippen molar-refractivity contribution in [2.45, 2.75) is 26.7 Å². The van der Waals surface area contributed by atoms with E-state index in [9.17, 15) is 9.90 Å². The molecule has 0 aliphatic carbocycles. The largest absolute Gasteiger partial charge is 0.481 e. The fourth-order valence-electron chi connectivity index (χ4n) is 2.63. The SMILES string of the molecule is Cc1nc2ncnc(N3CCCC(C(=O)O)C3)c2nc1C. The molecule has 7 heteroatoms. The highest BCUT2D eigenvalue weighted by Gasteiger charge is 2.27.